The minimum atomic E-state index is -0.546. The Morgan fingerprint density at radius 3 is 2.29 bits per heavy atom. The van der Waals surface area contributed by atoms with Crippen LogP contribution in [0.4, 0.5) is 0 Å². The molecule has 1 rings (SSSR count). The van der Waals surface area contributed by atoms with Gasteiger partial charge in [-0.1, -0.05) is 13.8 Å². The fourth-order valence-electron chi connectivity index (χ4n) is 2.93. The topological polar surface area (TPSA) is 44.8 Å². The molecule has 1 N–H and O–H groups in total. The second kappa shape index (κ2) is 9.38. The van der Waals surface area contributed by atoms with Crippen LogP contribution in [0, 0.1) is 0 Å². The molecule has 0 aliphatic carbocycles. The first-order chi connectivity index (χ1) is 10.1. The van der Waals surface area contributed by atoms with Crippen LogP contribution in [-0.2, 0) is 9.53 Å². The molecule has 0 amide bonds. The lowest BCUT2D eigenvalue weighted by atomic mass is 9.95. The summed E-state index contributed by atoms with van der Waals surface area (Å²) in [6, 6.07) is 0. The molecule has 5 heteroatoms. The van der Waals surface area contributed by atoms with Gasteiger partial charge in [0.25, 0.3) is 0 Å². The van der Waals surface area contributed by atoms with E-state index in [2.05, 4.69) is 22.0 Å². The fraction of sp³-hybridized carbons (Fsp3) is 0.938. The minimum Gasteiger partial charge on any atom is -0.465 e. The van der Waals surface area contributed by atoms with E-state index in [1.165, 1.54) is 13.1 Å². The van der Waals surface area contributed by atoms with Crippen molar-refractivity contribution in [3.8, 4) is 0 Å². The summed E-state index contributed by atoms with van der Waals surface area (Å²) in [4.78, 5) is 17.1. The van der Waals surface area contributed by atoms with Crippen molar-refractivity contribution in [1.82, 2.24) is 15.1 Å². The van der Waals surface area contributed by atoms with Crippen molar-refractivity contribution >= 4 is 5.97 Å². The predicted molar refractivity (Wildman–Crippen MR) is 86.5 cm³/mol. The van der Waals surface area contributed by atoms with Crippen LogP contribution in [0.3, 0.4) is 0 Å². The number of nitrogens with one attached hydrogen (secondary N) is 1. The molecule has 1 aliphatic heterocycles. The number of hydrogen-bond acceptors (Lipinski definition) is 5. The highest BCUT2D eigenvalue weighted by Gasteiger charge is 2.33. The average molecular weight is 299 g/mol. The number of carbonyl (C=O) groups excluding carboxylic acids is 1. The second-order valence-corrected chi connectivity index (χ2v) is 5.96. The van der Waals surface area contributed by atoms with Gasteiger partial charge in [0, 0.05) is 26.2 Å². The van der Waals surface area contributed by atoms with Crippen molar-refractivity contribution < 1.29 is 9.53 Å². The molecule has 5 nitrogen and oxygen atoms in total. The molecule has 1 atom stereocenters. The number of likely N-dealkylation sites (N-methyl/N-ethyl adjacent to an activating group) is 2. The van der Waals surface area contributed by atoms with Gasteiger partial charge in [-0.05, 0) is 46.3 Å². The molecule has 0 saturated carbocycles. The minimum absolute atomic E-state index is 0.123. The van der Waals surface area contributed by atoms with E-state index in [-0.39, 0.29) is 5.97 Å². The summed E-state index contributed by atoms with van der Waals surface area (Å²) in [6.45, 7) is 16.1. The van der Waals surface area contributed by atoms with E-state index in [1.807, 2.05) is 20.8 Å². The van der Waals surface area contributed by atoms with Gasteiger partial charge in [0.15, 0.2) is 0 Å². The number of esters is 1. The zero-order valence-electron chi connectivity index (χ0n) is 14.3. The lowest BCUT2D eigenvalue weighted by molar-refractivity contribution is -0.150. The van der Waals surface area contributed by atoms with E-state index < -0.39 is 5.54 Å². The highest BCUT2D eigenvalue weighted by Crippen LogP contribution is 2.16. The number of nitrogens with zero attached hydrogens (tertiary/aromatic N) is 2. The van der Waals surface area contributed by atoms with Crippen molar-refractivity contribution in [1.29, 1.82) is 0 Å². The van der Waals surface area contributed by atoms with Crippen LogP contribution in [0.15, 0.2) is 0 Å². The Morgan fingerprint density at radius 1 is 1.14 bits per heavy atom. The number of carbonyl (C=O) groups is 1. The van der Waals surface area contributed by atoms with Gasteiger partial charge in [0.2, 0.25) is 0 Å². The quantitative estimate of drug-likeness (QED) is 0.651. The summed E-state index contributed by atoms with van der Waals surface area (Å²) < 4.78 is 5.21. The SMILES string of the molecule is CCNC(C)(CCCN1CCN(CC)CC1)C(=O)OCC. The maximum Gasteiger partial charge on any atom is 0.326 e. The molecule has 1 aliphatic rings. The van der Waals surface area contributed by atoms with Crippen LogP contribution in [0.25, 0.3) is 0 Å². The molecule has 1 heterocycles. The summed E-state index contributed by atoms with van der Waals surface area (Å²) in [5.41, 5.74) is -0.546. The van der Waals surface area contributed by atoms with Crippen molar-refractivity contribution in [2.24, 2.45) is 0 Å². The zero-order chi connectivity index (χ0) is 15.7. The monoisotopic (exact) mass is 299 g/mol. The average Bonchev–Trinajstić information content (AvgIpc) is 2.48. The molecular weight excluding hydrogens is 266 g/mol. The third-order valence-electron chi connectivity index (χ3n) is 4.36. The highest BCUT2D eigenvalue weighted by molar-refractivity contribution is 5.80. The molecule has 0 spiro atoms. The summed E-state index contributed by atoms with van der Waals surface area (Å²) >= 11 is 0. The van der Waals surface area contributed by atoms with E-state index in [9.17, 15) is 4.79 Å². The Kier molecular flexibility index (Phi) is 8.22. The first kappa shape index (κ1) is 18.4. The van der Waals surface area contributed by atoms with Gasteiger partial charge in [-0.15, -0.1) is 0 Å². The Morgan fingerprint density at radius 2 is 1.76 bits per heavy atom. The van der Waals surface area contributed by atoms with E-state index in [4.69, 9.17) is 4.74 Å². The lowest BCUT2D eigenvalue weighted by Crippen LogP contribution is -2.51. The van der Waals surface area contributed by atoms with Gasteiger partial charge in [-0.3, -0.25) is 4.79 Å². The zero-order valence-corrected chi connectivity index (χ0v) is 14.3. The molecule has 0 aromatic rings. The van der Waals surface area contributed by atoms with Crippen LogP contribution < -0.4 is 5.32 Å². The summed E-state index contributed by atoms with van der Waals surface area (Å²) in [5, 5.41) is 3.30. The number of piperazine rings is 1. The van der Waals surface area contributed by atoms with E-state index in [0.29, 0.717) is 6.61 Å². The number of hydrogen-bond donors (Lipinski definition) is 1. The second-order valence-electron chi connectivity index (χ2n) is 5.96. The van der Waals surface area contributed by atoms with Crippen molar-refractivity contribution in [2.45, 2.75) is 46.1 Å². The third kappa shape index (κ3) is 5.93. The maximum absolute atomic E-state index is 12.1. The van der Waals surface area contributed by atoms with Crippen LogP contribution >= 0.6 is 0 Å². The van der Waals surface area contributed by atoms with Gasteiger partial charge in [0.05, 0.1) is 6.61 Å². The molecule has 0 bridgehead atoms. The molecule has 0 aromatic heterocycles. The summed E-state index contributed by atoms with van der Waals surface area (Å²) in [7, 11) is 0. The van der Waals surface area contributed by atoms with Crippen LogP contribution in [0.1, 0.15) is 40.5 Å². The fourth-order valence-corrected chi connectivity index (χ4v) is 2.93. The normalized spacial score (nSPS) is 20.2. The van der Waals surface area contributed by atoms with Crippen molar-refractivity contribution in [3.63, 3.8) is 0 Å². The van der Waals surface area contributed by atoms with Crippen LogP contribution in [0.5, 0.6) is 0 Å². The smallest absolute Gasteiger partial charge is 0.326 e. The standard InChI is InChI=1S/C16H33N3O2/c1-5-17-16(4,15(20)21-7-3)9-8-10-19-13-11-18(6-2)12-14-19/h17H,5-14H2,1-4H3. The van der Waals surface area contributed by atoms with Crippen molar-refractivity contribution in [3.05, 3.63) is 0 Å². The first-order valence-electron chi connectivity index (χ1n) is 8.42. The summed E-state index contributed by atoms with van der Waals surface area (Å²) in [6.07, 6.45) is 1.85. The third-order valence-corrected chi connectivity index (χ3v) is 4.36. The van der Waals surface area contributed by atoms with E-state index in [1.54, 1.807) is 0 Å². The molecule has 1 fully saturated rings. The molecule has 0 aromatic carbocycles. The Bertz CT molecular complexity index is 304. The van der Waals surface area contributed by atoms with E-state index >= 15 is 0 Å². The highest BCUT2D eigenvalue weighted by atomic mass is 16.5. The van der Waals surface area contributed by atoms with Crippen LogP contribution in [-0.4, -0.2) is 73.7 Å². The van der Waals surface area contributed by atoms with Gasteiger partial charge < -0.3 is 19.9 Å². The lowest BCUT2D eigenvalue weighted by Gasteiger charge is -2.35. The van der Waals surface area contributed by atoms with Crippen molar-refractivity contribution in [2.75, 3.05) is 52.4 Å². The molecular formula is C16H33N3O2. The molecule has 1 unspecified atom stereocenters. The number of ether oxygens (including phenoxy) is 1. The Balaban J connectivity index is 2.35. The van der Waals surface area contributed by atoms with Gasteiger partial charge >= 0.3 is 5.97 Å². The molecule has 124 valence electrons. The summed E-state index contributed by atoms with van der Waals surface area (Å²) in [5.74, 6) is -0.123. The molecule has 1 saturated heterocycles. The Hall–Kier alpha value is -0.650. The predicted octanol–water partition coefficient (Wildman–Crippen LogP) is 1.34. The van der Waals surface area contributed by atoms with Gasteiger partial charge in [-0.25, -0.2) is 0 Å². The maximum atomic E-state index is 12.1. The van der Waals surface area contributed by atoms with Crippen LogP contribution in [0.2, 0.25) is 0 Å². The van der Waals surface area contributed by atoms with Gasteiger partial charge in [0.1, 0.15) is 5.54 Å². The number of rotatable bonds is 9. The molecule has 0 radical (unpaired) electrons. The largest absolute Gasteiger partial charge is 0.465 e. The van der Waals surface area contributed by atoms with Gasteiger partial charge in [-0.2, -0.15) is 0 Å². The molecule has 21 heavy (non-hydrogen) atoms. The Labute approximate surface area is 130 Å². The first-order valence-corrected chi connectivity index (χ1v) is 8.42. The van der Waals surface area contributed by atoms with E-state index in [0.717, 1.165) is 45.6 Å².